The van der Waals surface area contributed by atoms with E-state index in [2.05, 4.69) is 24.0 Å². The molecule has 0 radical (unpaired) electrons. The van der Waals surface area contributed by atoms with Gasteiger partial charge in [0, 0.05) is 24.8 Å². The molecule has 3 nitrogen and oxygen atoms in total. The molecule has 0 spiro atoms. The van der Waals surface area contributed by atoms with E-state index in [0.717, 1.165) is 25.3 Å². The predicted octanol–water partition coefficient (Wildman–Crippen LogP) is 1.54. The number of nitrogens with zero attached hydrogens (tertiary/aromatic N) is 1. The van der Waals surface area contributed by atoms with Crippen molar-refractivity contribution in [3.05, 3.63) is 23.8 Å². The molecule has 1 aromatic rings. The minimum atomic E-state index is 0.325. The number of nitrogens with two attached hydrogens (primary N) is 1. The van der Waals surface area contributed by atoms with E-state index in [1.54, 1.807) is 7.11 Å². The number of hydrogen-bond acceptors (Lipinski definition) is 3. The molecule has 2 N–H and O–H groups in total. The maximum absolute atomic E-state index is 5.90. The summed E-state index contributed by atoms with van der Waals surface area (Å²) in [6, 6.07) is 6.52. The minimum Gasteiger partial charge on any atom is -0.497 e. The molecule has 1 fully saturated rings. The monoisotopic (exact) mass is 206 g/mol. The lowest BCUT2D eigenvalue weighted by Crippen LogP contribution is -2.26. The van der Waals surface area contributed by atoms with E-state index in [1.165, 1.54) is 11.3 Å². The lowest BCUT2D eigenvalue weighted by Gasteiger charge is -2.20. The second-order valence-corrected chi connectivity index (χ2v) is 4.15. The zero-order valence-electron chi connectivity index (χ0n) is 9.36. The van der Waals surface area contributed by atoms with Gasteiger partial charge in [0.05, 0.1) is 7.11 Å². The molecule has 2 rings (SSSR count). The predicted molar refractivity (Wildman–Crippen MR) is 62.5 cm³/mol. The molecule has 3 heteroatoms. The highest BCUT2D eigenvalue weighted by molar-refractivity contribution is 5.56. The maximum Gasteiger partial charge on any atom is 0.119 e. The molecule has 1 saturated heterocycles. The molecule has 1 aliphatic heterocycles. The third-order valence-electron chi connectivity index (χ3n) is 2.97. The summed E-state index contributed by atoms with van der Waals surface area (Å²) in [5.74, 6) is 0.916. The number of benzene rings is 1. The van der Waals surface area contributed by atoms with Gasteiger partial charge in [0.1, 0.15) is 5.75 Å². The Hall–Kier alpha value is -1.22. The summed E-state index contributed by atoms with van der Waals surface area (Å²) in [6.07, 6.45) is 1.09. The van der Waals surface area contributed by atoms with Crippen LogP contribution in [0.2, 0.25) is 0 Å². The molecular weight excluding hydrogens is 188 g/mol. The summed E-state index contributed by atoms with van der Waals surface area (Å²) >= 11 is 0. The highest BCUT2D eigenvalue weighted by atomic mass is 16.5. The van der Waals surface area contributed by atoms with Gasteiger partial charge >= 0.3 is 0 Å². The van der Waals surface area contributed by atoms with Crippen molar-refractivity contribution in [1.29, 1.82) is 0 Å². The van der Waals surface area contributed by atoms with Crippen LogP contribution in [0.25, 0.3) is 0 Å². The lowest BCUT2D eigenvalue weighted by molar-refractivity contribution is 0.414. The first-order valence-electron chi connectivity index (χ1n) is 5.36. The van der Waals surface area contributed by atoms with Gasteiger partial charge in [-0.25, -0.2) is 0 Å². The Bertz CT molecular complexity index is 351. The largest absolute Gasteiger partial charge is 0.497 e. The van der Waals surface area contributed by atoms with Crippen LogP contribution in [0.5, 0.6) is 5.75 Å². The van der Waals surface area contributed by atoms with Crippen LogP contribution in [0.1, 0.15) is 12.0 Å². The lowest BCUT2D eigenvalue weighted by atomic mass is 10.1. The van der Waals surface area contributed by atoms with E-state index < -0.39 is 0 Å². The maximum atomic E-state index is 5.90. The minimum absolute atomic E-state index is 0.325. The second-order valence-electron chi connectivity index (χ2n) is 4.15. The van der Waals surface area contributed by atoms with Gasteiger partial charge in [-0.15, -0.1) is 0 Å². The highest BCUT2D eigenvalue weighted by Crippen LogP contribution is 2.27. The average Bonchev–Trinajstić information content (AvgIpc) is 2.64. The number of hydrogen-bond donors (Lipinski definition) is 1. The van der Waals surface area contributed by atoms with E-state index in [1.807, 2.05) is 6.07 Å². The second kappa shape index (κ2) is 4.11. The molecule has 1 unspecified atom stereocenters. The smallest absolute Gasteiger partial charge is 0.119 e. The SMILES string of the molecule is COc1ccc(N2CCC(N)C2)c(C)c1. The van der Waals surface area contributed by atoms with Gasteiger partial charge in [0.15, 0.2) is 0 Å². The number of methoxy groups -OCH3 is 1. The van der Waals surface area contributed by atoms with Crippen molar-refractivity contribution in [3.63, 3.8) is 0 Å². The van der Waals surface area contributed by atoms with Crippen molar-refractivity contribution in [2.45, 2.75) is 19.4 Å². The Morgan fingerprint density at radius 1 is 1.47 bits per heavy atom. The number of anilines is 1. The molecule has 82 valence electrons. The molecule has 0 aliphatic carbocycles. The molecule has 0 saturated carbocycles. The summed E-state index contributed by atoms with van der Waals surface area (Å²) in [7, 11) is 1.69. The quantitative estimate of drug-likeness (QED) is 0.797. The Labute approximate surface area is 90.8 Å². The fraction of sp³-hybridized carbons (Fsp3) is 0.500. The zero-order valence-corrected chi connectivity index (χ0v) is 9.36. The van der Waals surface area contributed by atoms with E-state index in [0.29, 0.717) is 6.04 Å². The van der Waals surface area contributed by atoms with Crippen molar-refractivity contribution in [3.8, 4) is 5.75 Å². The normalized spacial score (nSPS) is 20.7. The Balaban J connectivity index is 2.21. The van der Waals surface area contributed by atoms with Gasteiger partial charge in [-0.2, -0.15) is 0 Å². The molecule has 1 aromatic carbocycles. The van der Waals surface area contributed by atoms with Gasteiger partial charge < -0.3 is 15.4 Å². The Kier molecular flexibility index (Phi) is 2.82. The zero-order chi connectivity index (χ0) is 10.8. The topological polar surface area (TPSA) is 38.5 Å². The number of ether oxygens (including phenoxy) is 1. The molecule has 0 bridgehead atoms. The van der Waals surface area contributed by atoms with Gasteiger partial charge in [0.2, 0.25) is 0 Å². The molecule has 1 aliphatic rings. The van der Waals surface area contributed by atoms with Gasteiger partial charge in [-0.3, -0.25) is 0 Å². The van der Waals surface area contributed by atoms with Crippen LogP contribution in [0, 0.1) is 6.92 Å². The Morgan fingerprint density at radius 2 is 2.27 bits per heavy atom. The number of aryl methyl sites for hydroxylation is 1. The standard InChI is InChI=1S/C12H18N2O/c1-9-7-11(15-2)3-4-12(9)14-6-5-10(13)8-14/h3-4,7,10H,5-6,8,13H2,1-2H3. The molecule has 15 heavy (non-hydrogen) atoms. The fourth-order valence-corrected chi connectivity index (χ4v) is 2.12. The van der Waals surface area contributed by atoms with Crippen molar-refractivity contribution in [2.75, 3.05) is 25.1 Å². The molecular formula is C12H18N2O. The van der Waals surface area contributed by atoms with Crippen LogP contribution in [0.3, 0.4) is 0 Å². The van der Waals surface area contributed by atoms with E-state index in [9.17, 15) is 0 Å². The van der Waals surface area contributed by atoms with Crippen LogP contribution in [-0.4, -0.2) is 26.2 Å². The first-order valence-corrected chi connectivity index (χ1v) is 5.36. The number of rotatable bonds is 2. The molecule has 0 amide bonds. The van der Waals surface area contributed by atoms with Gasteiger partial charge in [-0.05, 0) is 37.1 Å². The van der Waals surface area contributed by atoms with E-state index >= 15 is 0 Å². The third-order valence-corrected chi connectivity index (χ3v) is 2.97. The van der Waals surface area contributed by atoms with Crippen LogP contribution in [-0.2, 0) is 0 Å². The van der Waals surface area contributed by atoms with Crippen LogP contribution in [0.15, 0.2) is 18.2 Å². The van der Waals surface area contributed by atoms with Crippen LogP contribution < -0.4 is 15.4 Å². The van der Waals surface area contributed by atoms with Crippen molar-refractivity contribution < 1.29 is 4.74 Å². The van der Waals surface area contributed by atoms with Crippen molar-refractivity contribution in [1.82, 2.24) is 0 Å². The van der Waals surface area contributed by atoms with Crippen LogP contribution in [0.4, 0.5) is 5.69 Å². The summed E-state index contributed by atoms with van der Waals surface area (Å²) in [5.41, 5.74) is 8.44. The first-order chi connectivity index (χ1) is 7.20. The summed E-state index contributed by atoms with van der Waals surface area (Å²) in [4.78, 5) is 2.35. The van der Waals surface area contributed by atoms with Gasteiger partial charge in [0.25, 0.3) is 0 Å². The summed E-state index contributed by atoms with van der Waals surface area (Å²) in [5, 5.41) is 0. The third kappa shape index (κ3) is 2.07. The molecule has 1 heterocycles. The Morgan fingerprint density at radius 3 is 2.80 bits per heavy atom. The molecule has 1 atom stereocenters. The summed E-state index contributed by atoms with van der Waals surface area (Å²) < 4.78 is 5.19. The van der Waals surface area contributed by atoms with Crippen molar-refractivity contribution in [2.24, 2.45) is 5.73 Å². The van der Waals surface area contributed by atoms with E-state index in [-0.39, 0.29) is 0 Å². The average molecular weight is 206 g/mol. The summed E-state index contributed by atoms with van der Waals surface area (Å²) in [6.45, 7) is 4.14. The fourth-order valence-electron chi connectivity index (χ4n) is 2.12. The molecule has 0 aromatic heterocycles. The highest BCUT2D eigenvalue weighted by Gasteiger charge is 2.20. The first kappa shape index (κ1) is 10.3. The van der Waals surface area contributed by atoms with E-state index in [4.69, 9.17) is 10.5 Å². The van der Waals surface area contributed by atoms with Crippen molar-refractivity contribution >= 4 is 5.69 Å². The van der Waals surface area contributed by atoms with Gasteiger partial charge in [-0.1, -0.05) is 0 Å². The van der Waals surface area contributed by atoms with Crippen LogP contribution >= 0.6 is 0 Å².